The maximum atomic E-state index is 12.8. The molecule has 2 aromatic carbocycles. The standard InChI is InChI=1S/C39H39ClN2O5/c1-45-34-16-21-41-36-35(34)28(9-6-22-42-23-19-39(44,20-24-42)29-12-14-30(40)15-13-29)25-31-32(10-5-11-33(31)47-36)38(17-18-38)26-46-37(43)27-7-3-2-4-8-27/h2-5,7-16,21,25,32,44H,6,17-20,22-24,26H2,1H3. The number of carbonyl (C=O) groups excluding carboxylic acids is 1. The number of hydrogen-bond acceptors (Lipinski definition) is 7. The Labute approximate surface area is 280 Å². The second-order valence-electron chi connectivity index (χ2n) is 12.9. The van der Waals surface area contributed by atoms with Crippen molar-refractivity contribution in [2.24, 2.45) is 11.3 Å². The first-order valence-electron chi connectivity index (χ1n) is 16.3. The van der Waals surface area contributed by atoms with Crippen LogP contribution in [0.4, 0.5) is 0 Å². The number of methoxy groups -OCH3 is 1. The number of carbonyl (C=O) groups is 1. The highest BCUT2D eigenvalue weighted by molar-refractivity contribution is 6.30. The van der Waals surface area contributed by atoms with Crippen molar-refractivity contribution in [3.63, 3.8) is 0 Å². The number of hydrogen-bond donors (Lipinski definition) is 1. The van der Waals surface area contributed by atoms with Gasteiger partial charge in [0.25, 0.3) is 0 Å². The normalized spacial score (nSPS) is 21.8. The van der Waals surface area contributed by atoms with E-state index in [2.05, 4.69) is 28.1 Å². The predicted molar refractivity (Wildman–Crippen MR) is 182 cm³/mol. The van der Waals surface area contributed by atoms with Crippen LogP contribution in [0.1, 0.15) is 53.6 Å². The van der Waals surface area contributed by atoms with Gasteiger partial charge in [-0.25, -0.2) is 9.78 Å². The maximum Gasteiger partial charge on any atom is 0.338 e. The smallest absolute Gasteiger partial charge is 0.338 e. The van der Waals surface area contributed by atoms with Crippen molar-refractivity contribution in [2.45, 2.75) is 37.7 Å². The topological polar surface area (TPSA) is 81.1 Å². The molecule has 2 aliphatic heterocycles. The number of rotatable bonds is 9. The van der Waals surface area contributed by atoms with Crippen molar-refractivity contribution in [3.05, 3.63) is 130 Å². The lowest BCUT2D eigenvalue weighted by Crippen LogP contribution is -2.42. The summed E-state index contributed by atoms with van der Waals surface area (Å²) < 4.78 is 18.2. The molecule has 3 aromatic rings. The molecule has 1 atom stereocenters. The minimum atomic E-state index is -0.832. The second-order valence-corrected chi connectivity index (χ2v) is 13.4. The van der Waals surface area contributed by atoms with Gasteiger partial charge < -0.3 is 24.2 Å². The molecule has 1 N–H and O–H groups in total. The molecule has 0 radical (unpaired) electrons. The SMILES string of the molecule is COc1ccnc2c1C(=CCCN1CCC(O)(c3ccc(Cl)cc3)CC1)C=C1C(=CC=CC1C1(COC(=O)c3ccccc3)CC1)O2. The molecule has 4 aliphatic rings. The molecule has 2 fully saturated rings. The molecular weight excluding hydrogens is 612 g/mol. The Hall–Kier alpha value is -4.17. The van der Waals surface area contributed by atoms with E-state index in [0.29, 0.717) is 41.7 Å². The average Bonchev–Trinajstić information content (AvgIpc) is 3.91. The van der Waals surface area contributed by atoms with Crippen LogP contribution >= 0.6 is 11.6 Å². The summed E-state index contributed by atoms with van der Waals surface area (Å²) in [5.74, 6) is 1.67. The van der Waals surface area contributed by atoms with Gasteiger partial charge in [-0.05, 0) is 85.7 Å². The third-order valence-corrected chi connectivity index (χ3v) is 10.3. The first-order valence-corrected chi connectivity index (χ1v) is 16.7. The molecule has 1 saturated carbocycles. The van der Waals surface area contributed by atoms with E-state index >= 15 is 0 Å². The highest BCUT2D eigenvalue weighted by Gasteiger charge is 2.52. The molecule has 1 saturated heterocycles. The van der Waals surface area contributed by atoms with Gasteiger partial charge in [0.15, 0.2) is 0 Å². The summed E-state index contributed by atoms with van der Waals surface area (Å²) in [4.78, 5) is 19.9. The monoisotopic (exact) mass is 650 g/mol. The number of nitrogens with zero attached hydrogens (tertiary/aromatic N) is 2. The Morgan fingerprint density at radius 1 is 1.09 bits per heavy atom. The van der Waals surface area contributed by atoms with E-state index in [1.807, 2.05) is 60.7 Å². The third-order valence-electron chi connectivity index (χ3n) is 10.0. The minimum absolute atomic E-state index is 0.0161. The molecule has 1 unspecified atom stereocenters. The van der Waals surface area contributed by atoms with Crippen LogP contribution in [0.2, 0.25) is 5.02 Å². The first-order chi connectivity index (χ1) is 22.9. The summed E-state index contributed by atoms with van der Waals surface area (Å²) >= 11 is 6.08. The number of likely N-dealkylation sites (tertiary alicyclic amines) is 1. The third kappa shape index (κ3) is 6.53. The summed E-state index contributed by atoms with van der Waals surface area (Å²) in [7, 11) is 1.66. The molecule has 0 amide bonds. The van der Waals surface area contributed by atoms with E-state index in [1.165, 1.54) is 0 Å². The van der Waals surface area contributed by atoms with Gasteiger partial charge in [-0.2, -0.15) is 0 Å². The van der Waals surface area contributed by atoms with E-state index in [-0.39, 0.29) is 17.3 Å². The fourth-order valence-electron chi connectivity index (χ4n) is 7.01. The molecule has 0 spiro atoms. The zero-order chi connectivity index (χ0) is 32.4. The second kappa shape index (κ2) is 13.1. The first kappa shape index (κ1) is 31.4. The average molecular weight is 651 g/mol. The van der Waals surface area contributed by atoms with Crippen molar-refractivity contribution < 1.29 is 24.1 Å². The van der Waals surface area contributed by atoms with Crippen molar-refractivity contribution in [1.82, 2.24) is 9.88 Å². The van der Waals surface area contributed by atoms with Crippen LogP contribution in [0.15, 0.2) is 109 Å². The Morgan fingerprint density at radius 2 is 1.85 bits per heavy atom. The van der Waals surface area contributed by atoms with Crippen LogP contribution in [0, 0.1) is 11.3 Å². The number of fused-ring (bicyclic) bond motifs is 2. The Balaban J connectivity index is 1.11. The number of ether oxygens (including phenoxy) is 3. The lowest BCUT2D eigenvalue weighted by atomic mass is 9.79. The quantitative estimate of drug-likeness (QED) is 0.240. The van der Waals surface area contributed by atoms with Gasteiger partial charge in [0, 0.05) is 47.8 Å². The largest absolute Gasteiger partial charge is 0.496 e. The minimum Gasteiger partial charge on any atom is -0.496 e. The van der Waals surface area contributed by atoms with Gasteiger partial charge in [-0.3, -0.25) is 0 Å². The maximum absolute atomic E-state index is 12.8. The molecule has 8 heteroatoms. The van der Waals surface area contributed by atoms with E-state index in [9.17, 15) is 9.90 Å². The Kier molecular flexibility index (Phi) is 8.79. The molecular formula is C39H39ClN2O5. The van der Waals surface area contributed by atoms with Gasteiger partial charge in [0.1, 0.15) is 11.5 Å². The van der Waals surface area contributed by atoms with E-state index in [4.69, 9.17) is 25.8 Å². The number of aliphatic hydroxyl groups is 1. The highest BCUT2D eigenvalue weighted by Crippen LogP contribution is 2.58. The fourth-order valence-corrected chi connectivity index (χ4v) is 7.14. The molecule has 1 aromatic heterocycles. The van der Waals surface area contributed by atoms with Crippen LogP contribution in [0.3, 0.4) is 0 Å². The van der Waals surface area contributed by atoms with E-state index < -0.39 is 5.60 Å². The number of pyridine rings is 1. The van der Waals surface area contributed by atoms with Crippen LogP contribution in [0.5, 0.6) is 11.6 Å². The number of piperidine rings is 1. The number of aromatic nitrogens is 1. The van der Waals surface area contributed by atoms with Gasteiger partial charge in [0.2, 0.25) is 5.88 Å². The van der Waals surface area contributed by atoms with Gasteiger partial charge in [-0.1, -0.05) is 60.2 Å². The van der Waals surface area contributed by atoms with Gasteiger partial charge in [-0.15, -0.1) is 0 Å². The fraction of sp³-hybridized carbons (Fsp3) is 0.333. The Bertz CT molecular complexity index is 1750. The molecule has 7 nitrogen and oxygen atoms in total. The van der Waals surface area contributed by atoms with Crippen LogP contribution in [-0.4, -0.2) is 54.3 Å². The van der Waals surface area contributed by atoms with Crippen molar-refractivity contribution in [3.8, 4) is 11.6 Å². The Morgan fingerprint density at radius 3 is 2.57 bits per heavy atom. The molecule has 0 bridgehead atoms. The zero-order valence-electron chi connectivity index (χ0n) is 26.5. The number of esters is 1. The van der Waals surface area contributed by atoms with Crippen molar-refractivity contribution in [1.29, 1.82) is 0 Å². The van der Waals surface area contributed by atoms with Gasteiger partial charge in [0.05, 0.1) is 30.4 Å². The molecule has 242 valence electrons. The van der Waals surface area contributed by atoms with Crippen molar-refractivity contribution in [2.75, 3.05) is 33.4 Å². The lowest BCUT2D eigenvalue weighted by molar-refractivity contribution is -0.0254. The number of halogens is 1. The number of allylic oxidation sites excluding steroid dienone is 6. The summed E-state index contributed by atoms with van der Waals surface area (Å²) in [5.41, 5.74) is 3.33. The number of benzene rings is 2. The summed E-state index contributed by atoms with van der Waals surface area (Å²) in [5, 5.41) is 12.0. The van der Waals surface area contributed by atoms with Crippen LogP contribution in [0.25, 0.3) is 5.57 Å². The van der Waals surface area contributed by atoms with E-state index in [1.54, 1.807) is 25.4 Å². The van der Waals surface area contributed by atoms with Crippen LogP contribution < -0.4 is 9.47 Å². The van der Waals surface area contributed by atoms with Crippen molar-refractivity contribution >= 4 is 23.1 Å². The van der Waals surface area contributed by atoms with Crippen LogP contribution in [-0.2, 0) is 10.3 Å². The molecule has 7 rings (SSSR count). The van der Waals surface area contributed by atoms with E-state index in [0.717, 1.165) is 66.9 Å². The zero-order valence-corrected chi connectivity index (χ0v) is 27.3. The lowest BCUT2D eigenvalue weighted by Gasteiger charge is -2.38. The highest BCUT2D eigenvalue weighted by atomic mass is 35.5. The summed E-state index contributed by atoms with van der Waals surface area (Å²) in [6.07, 6.45) is 16.4. The molecule has 47 heavy (non-hydrogen) atoms. The summed E-state index contributed by atoms with van der Waals surface area (Å²) in [6, 6.07) is 18.5. The summed E-state index contributed by atoms with van der Waals surface area (Å²) in [6.45, 7) is 2.80. The van der Waals surface area contributed by atoms with Gasteiger partial charge >= 0.3 is 5.97 Å². The molecule has 3 heterocycles. The molecule has 2 aliphatic carbocycles. The predicted octanol–water partition coefficient (Wildman–Crippen LogP) is 7.53.